The molecule has 0 radical (unpaired) electrons. The summed E-state index contributed by atoms with van der Waals surface area (Å²) in [5.74, 6) is -0.158. The second-order valence-corrected chi connectivity index (χ2v) is 6.90. The standard InChI is InChI=1S/C22H18N2O4S/c1-28-20-10-8-17(13-18(20)14-29-22-23-11-2-12-24-22)19(25)9-5-15-3-6-16(7-4-15)21(26)27/h2-13H,14H2,1H3,(H,26,27)/p-1/b9-5+. The summed E-state index contributed by atoms with van der Waals surface area (Å²) in [6.45, 7) is 0. The highest BCUT2D eigenvalue weighted by atomic mass is 32.2. The summed E-state index contributed by atoms with van der Waals surface area (Å²) >= 11 is 1.45. The number of thioether (sulfide) groups is 1. The van der Waals surface area contributed by atoms with Crippen LogP contribution in [0.4, 0.5) is 0 Å². The Hall–Kier alpha value is -3.45. The third-order valence-electron chi connectivity index (χ3n) is 4.04. The minimum Gasteiger partial charge on any atom is -0.545 e. The van der Waals surface area contributed by atoms with Gasteiger partial charge in [0, 0.05) is 29.3 Å². The van der Waals surface area contributed by atoms with Crippen LogP contribution in [0.3, 0.4) is 0 Å². The number of carbonyl (C=O) groups excluding carboxylic acids is 2. The van der Waals surface area contributed by atoms with Gasteiger partial charge in [-0.25, -0.2) is 9.97 Å². The van der Waals surface area contributed by atoms with Gasteiger partial charge in [0.2, 0.25) is 0 Å². The Morgan fingerprint density at radius 3 is 2.41 bits per heavy atom. The van der Waals surface area contributed by atoms with E-state index in [0.29, 0.717) is 27.8 Å². The van der Waals surface area contributed by atoms with E-state index in [-0.39, 0.29) is 11.3 Å². The molecule has 2 aromatic carbocycles. The number of rotatable bonds is 8. The van der Waals surface area contributed by atoms with Crippen molar-refractivity contribution in [3.05, 3.63) is 89.3 Å². The van der Waals surface area contributed by atoms with Crippen molar-refractivity contribution >= 4 is 29.6 Å². The molecule has 0 aliphatic carbocycles. The Balaban J connectivity index is 1.73. The SMILES string of the molecule is COc1ccc(C(=O)/C=C/c2ccc(C(=O)[O-])cc2)cc1CSc1ncccn1. The zero-order chi connectivity index (χ0) is 20.6. The maximum absolute atomic E-state index is 12.6. The number of carboxylic acid groups (broad SMARTS) is 1. The quantitative estimate of drug-likeness (QED) is 0.246. The van der Waals surface area contributed by atoms with Crippen LogP contribution in [0.1, 0.15) is 31.8 Å². The van der Waals surface area contributed by atoms with Crippen LogP contribution in [0.2, 0.25) is 0 Å². The maximum atomic E-state index is 12.6. The largest absolute Gasteiger partial charge is 0.545 e. The molecule has 0 atom stereocenters. The van der Waals surface area contributed by atoms with Gasteiger partial charge in [0.05, 0.1) is 13.1 Å². The van der Waals surface area contributed by atoms with Crippen molar-refractivity contribution in [3.63, 3.8) is 0 Å². The number of carbonyl (C=O) groups is 2. The first-order valence-electron chi connectivity index (χ1n) is 8.67. The Morgan fingerprint density at radius 2 is 1.76 bits per heavy atom. The molecule has 0 spiro atoms. The molecule has 146 valence electrons. The lowest BCUT2D eigenvalue weighted by atomic mass is 10.1. The molecule has 0 saturated carbocycles. The van der Waals surface area contributed by atoms with Crippen molar-refractivity contribution in [2.45, 2.75) is 10.9 Å². The van der Waals surface area contributed by atoms with E-state index >= 15 is 0 Å². The lowest BCUT2D eigenvalue weighted by Crippen LogP contribution is -2.21. The number of ketones is 1. The van der Waals surface area contributed by atoms with Crippen LogP contribution < -0.4 is 9.84 Å². The van der Waals surface area contributed by atoms with Crippen LogP contribution in [0.15, 0.2) is 72.2 Å². The fraction of sp³-hybridized carbons (Fsp3) is 0.0909. The highest BCUT2D eigenvalue weighted by Gasteiger charge is 2.10. The number of carboxylic acids is 1. The summed E-state index contributed by atoms with van der Waals surface area (Å²) < 4.78 is 5.39. The summed E-state index contributed by atoms with van der Waals surface area (Å²) in [4.78, 5) is 31.7. The van der Waals surface area contributed by atoms with E-state index in [4.69, 9.17) is 4.74 Å². The van der Waals surface area contributed by atoms with E-state index in [2.05, 4.69) is 9.97 Å². The van der Waals surface area contributed by atoms with Gasteiger partial charge in [-0.2, -0.15) is 0 Å². The summed E-state index contributed by atoms with van der Waals surface area (Å²) in [7, 11) is 1.58. The molecule has 0 aliphatic rings. The molecule has 3 aromatic rings. The van der Waals surface area contributed by atoms with Gasteiger partial charge in [0.1, 0.15) is 5.75 Å². The second-order valence-electron chi connectivity index (χ2n) is 5.95. The molecule has 7 heteroatoms. The number of hydrogen-bond acceptors (Lipinski definition) is 7. The smallest absolute Gasteiger partial charge is 0.187 e. The zero-order valence-electron chi connectivity index (χ0n) is 15.6. The van der Waals surface area contributed by atoms with Gasteiger partial charge in [-0.05, 0) is 41.5 Å². The van der Waals surface area contributed by atoms with Crippen LogP contribution in [0, 0.1) is 0 Å². The van der Waals surface area contributed by atoms with Gasteiger partial charge in [-0.1, -0.05) is 42.1 Å². The minimum atomic E-state index is -1.24. The lowest BCUT2D eigenvalue weighted by molar-refractivity contribution is -0.255. The number of hydrogen-bond donors (Lipinski definition) is 0. The number of aromatic nitrogens is 2. The normalized spacial score (nSPS) is 10.8. The Kier molecular flexibility index (Phi) is 6.76. The molecule has 0 amide bonds. The van der Waals surface area contributed by atoms with Crippen molar-refractivity contribution in [1.29, 1.82) is 0 Å². The van der Waals surface area contributed by atoms with Gasteiger partial charge < -0.3 is 14.6 Å². The van der Waals surface area contributed by atoms with E-state index < -0.39 is 5.97 Å². The topological polar surface area (TPSA) is 92.2 Å². The molecule has 0 aliphatic heterocycles. The van der Waals surface area contributed by atoms with Gasteiger partial charge in [-0.3, -0.25) is 4.79 Å². The summed E-state index contributed by atoms with van der Waals surface area (Å²) in [6.07, 6.45) is 6.44. The fourth-order valence-corrected chi connectivity index (χ4v) is 3.33. The first-order valence-corrected chi connectivity index (χ1v) is 9.66. The van der Waals surface area contributed by atoms with Crippen LogP contribution in [-0.4, -0.2) is 28.8 Å². The fourth-order valence-electron chi connectivity index (χ4n) is 2.55. The van der Waals surface area contributed by atoms with Crippen LogP contribution in [0.5, 0.6) is 5.75 Å². The number of nitrogens with zero attached hydrogens (tertiary/aromatic N) is 2. The van der Waals surface area contributed by atoms with Gasteiger partial charge >= 0.3 is 0 Å². The maximum Gasteiger partial charge on any atom is 0.187 e. The number of methoxy groups -OCH3 is 1. The lowest BCUT2D eigenvalue weighted by Gasteiger charge is -2.09. The number of benzene rings is 2. The first kappa shape index (κ1) is 20.3. The third kappa shape index (κ3) is 5.52. The molecule has 29 heavy (non-hydrogen) atoms. The van der Waals surface area contributed by atoms with Crippen LogP contribution >= 0.6 is 11.8 Å². The van der Waals surface area contributed by atoms with Crippen molar-refractivity contribution in [2.75, 3.05) is 7.11 Å². The van der Waals surface area contributed by atoms with Gasteiger partial charge in [0.25, 0.3) is 0 Å². The third-order valence-corrected chi connectivity index (χ3v) is 4.96. The van der Waals surface area contributed by atoms with Crippen LogP contribution in [-0.2, 0) is 5.75 Å². The molecular weight excluding hydrogens is 388 g/mol. The number of aromatic carboxylic acids is 1. The summed E-state index contributed by atoms with van der Waals surface area (Å²) in [5.41, 5.74) is 2.20. The first-order chi connectivity index (χ1) is 14.1. The molecule has 0 N–H and O–H groups in total. The Morgan fingerprint density at radius 1 is 1.07 bits per heavy atom. The predicted octanol–water partition coefficient (Wildman–Crippen LogP) is 3.04. The molecule has 0 unspecified atom stereocenters. The van der Waals surface area contributed by atoms with Crippen LogP contribution in [0.25, 0.3) is 6.08 Å². The summed E-state index contributed by atoms with van der Waals surface area (Å²) in [6, 6.07) is 13.1. The van der Waals surface area contributed by atoms with E-state index in [1.807, 2.05) is 0 Å². The highest BCUT2D eigenvalue weighted by Crippen LogP contribution is 2.27. The number of ether oxygens (including phenoxy) is 1. The average Bonchev–Trinajstić information content (AvgIpc) is 2.76. The molecule has 6 nitrogen and oxygen atoms in total. The molecule has 1 heterocycles. The molecule has 0 saturated heterocycles. The predicted molar refractivity (Wildman–Crippen MR) is 109 cm³/mol. The average molecular weight is 405 g/mol. The van der Waals surface area contributed by atoms with Gasteiger partial charge in [-0.15, -0.1) is 0 Å². The van der Waals surface area contributed by atoms with Crippen molar-refractivity contribution in [2.24, 2.45) is 0 Å². The monoisotopic (exact) mass is 405 g/mol. The zero-order valence-corrected chi connectivity index (χ0v) is 16.4. The minimum absolute atomic E-state index is 0.0909. The van der Waals surface area contributed by atoms with E-state index in [0.717, 1.165) is 5.56 Å². The molecule has 1 aromatic heterocycles. The molecule has 3 rings (SSSR count). The highest BCUT2D eigenvalue weighted by molar-refractivity contribution is 7.98. The van der Waals surface area contributed by atoms with Crippen molar-refractivity contribution < 1.29 is 19.4 Å². The van der Waals surface area contributed by atoms with Crippen molar-refractivity contribution in [3.8, 4) is 5.75 Å². The summed E-state index contributed by atoms with van der Waals surface area (Å²) in [5, 5.41) is 11.4. The van der Waals surface area contributed by atoms with E-state index in [9.17, 15) is 14.7 Å². The molecule has 0 fully saturated rings. The molecular formula is C22H17N2O4S-. The van der Waals surface area contributed by atoms with Crippen molar-refractivity contribution in [1.82, 2.24) is 9.97 Å². The van der Waals surface area contributed by atoms with E-state index in [1.54, 1.807) is 62.0 Å². The Bertz CT molecular complexity index is 1030. The Labute approximate surface area is 172 Å². The van der Waals surface area contributed by atoms with E-state index in [1.165, 1.54) is 30.0 Å². The molecule has 0 bridgehead atoms. The number of allylic oxidation sites excluding steroid dienone is 1. The second kappa shape index (κ2) is 9.66. The van der Waals surface area contributed by atoms with Gasteiger partial charge in [0.15, 0.2) is 10.9 Å².